The van der Waals surface area contributed by atoms with Crippen LogP contribution >= 0.6 is 0 Å². The molecule has 0 amide bonds. The molecule has 0 aliphatic carbocycles. The molecular weight excluding hydrogens is 251 g/mol. The maximum atomic E-state index is 12.8. The first-order chi connectivity index (χ1) is 8.20. The molecule has 1 atom stereocenters. The molecule has 0 aliphatic heterocycles. The smallest absolute Gasteiger partial charge is 0.417 e. The number of carbonyl (C=O) groups is 1. The monoisotopic (exact) mass is 263 g/mol. The van der Waals surface area contributed by atoms with Gasteiger partial charge in [0.2, 0.25) is 5.54 Å². The van der Waals surface area contributed by atoms with Gasteiger partial charge < -0.3 is 15.6 Å². The van der Waals surface area contributed by atoms with Crippen LogP contribution in [0.1, 0.15) is 5.56 Å². The molecule has 0 saturated heterocycles. The molecule has 1 aromatic rings. The molecule has 0 aliphatic rings. The molecule has 0 saturated carbocycles. The number of esters is 1. The molecule has 100 valence electrons. The first-order valence-electron chi connectivity index (χ1n) is 4.92. The Hall–Kier alpha value is -1.76. The largest absolute Gasteiger partial charge is 0.508 e. The van der Waals surface area contributed by atoms with Crippen molar-refractivity contribution >= 4 is 5.97 Å². The quantitative estimate of drug-likeness (QED) is 0.808. The number of phenolic OH excluding ortho intramolecular Hbond substituents is 1. The number of nitrogens with two attached hydrogens (primary N) is 1. The van der Waals surface area contributed by atoms with Crippen molar-refractivity contribution in [2.75, 3.05) is 7.11 Å². The minimum atomic E-state index is -4.93. The number of alkyl halides is 3. The molecule has 0 heterocycles. The zero-order valence-corrected chi connectivity index (χ0v) is 9.49. The van der Waals surface area contributed by atoms with E-state index < -0.39 is 24.1 Å². The van der Waals surface area contributed by atoms with Crippen LogP contribution < -0.4 is 5.73 Å². The highest BCUT2D eigenvalue weighted by Gasteiger charge is 2.58. The molecular formula is C11H12F3NO3. The zero-order chi connectivity index (χ0) is 14.0. The second-order valence-electron chi connectivity index (χ2n) is 3.80. The number of hydrogen-bond donors (Lipinski definition) is 2. The number of phenols is 1. The number of hydrogen-bond acceptors (Lipinski definition) is 4. The van der Waals surface area contributed by atoms with Crippen LogP contribution in [0.3, 0.4) is 0 Å². The fraction of sp³-hybridized carbons (Fsp3) is 0.364. The molecule has 0 aromatic heterocycles. The summed E-state index contributed by atoms with van der Waals surface area (Å²) in [6.07, 6.45) is -5.69. The second-order valence-corrected chi connectivity index (χ2v) is 3.80. The Morgan fingerprint density at radius 2 is 1.83 bits per heavy atom. The van der Waals surface area contributed by atoms with Gasteiger partial charge in [-0.1, -0.05) is 12.1 Å². The summed E-state index contributed by atoms with van der Waals surface area (Å²) >= 11 is 0. The Balaban J connectivity index is 3.07. The van der Waals surface area contributed by atoms with Gasteiger partial charge in [0, 0.05) is 6.42 Å². The number of methoxy groups -OCH3 is 1. The van der Waals surface area contributed by atoms with Crippen molar-refractivity contribution in [2.24, 2.45) is 5.73 Å². The van der Waals surface area contributed by atoms with Crippen molar-refractivity contribution in [3.05, 3.63) is 29.8 Å². The van der Waals surface area contributed by atoms with E-state index in [1.165, 1.54) is 24.3 Å². The van der Waals surface area contributed by atoms with E-state index in [1.54, 1.807) is 0 Å². The summed E-state index contributed by atoms with van der Waals surface area (Å²) in [5.74, 6) is -1.64. The SMILES string of the molecule is COC(=O)C(N)(Cc1ccc(O)cc1)C(F)(F)F. The lowest BCUT2D eigenvalue weighted by atomic mass is 9.91. The Bertz CT molecular complexity index is 430. The van der Waals surface area contributed by atoms with Gasteiger partial charge in [-0.2, -0.15) is 13.2 Å². The third-order valence-electron chi connectivity index (χ3n) is 2.47. The standard InChI is InChI=1S/C11H12F3NO3/c1-18-9(17)10(15,11(12,13)14)6-7-2-4-8(16)5-3-7/h2-5,16H,6,15H2,1H3. The molecule has 7 heteroatoms. The number of rotatable bonds is 3. The number of aromatic hydroxyl groups is 1. The lowest BCUT2D eigenvalue weighted by Gasteiger charge is -2.28. The van der Waals surface area contributed by atoms with Crippen LogP contribution in [0.2, 0.25) is 0 Å². The summed E-state index contributed by atoms with van der Waals surface area (Å²) in [4.78, 5) is 11.2. The summed E-state index contributed by atoms with van der Waals surface area (Å²) in [6.45, 7) is 0. The third kappa shape index (κ3) is 2.73. The molecule has 18 heavy (non-hydrogen) atoms. The van der Waals surface area contributed by atoms with Crippen LogP contribution in [0.15, 0.2) is 24.3 Å². The minimum absolute atomic E-state index is 0.0913. The fourth-order valence-corrected chi connectivity index (χ4v) is 1.41. The average Bonchev–Trinajstić information content (AvgIpc) is 2.29. The third-order valence-corrected chi connectivity index (χ3v) is 2.47. The van der Waals surface area contributed by atoms with Gasteiger partial charge in [0.1, 0.15) is 5.75 Å². The normalized spacial score (nSPS) is 14.9. The molecule has 1 rings (SSSR count). The molecule has 0 radical (unpaired) electrons. The van der Waals surface area contributed by atoms with Crippen LogP contribution in [0, 0.1) is 0 Å². The topological polar surface area (TPSA) is 72.5 Å². The van der Waals surface area contributed by atoms with Crippen molar-refractivity contribution < 1.29 is 27.8 Å². The molecule has 1 aromatic carbocycles. The van der Waals surface area contributed by atoms with Crippen LogP contribution in [-0.2, 0) is 16.0 Å². The molecule has 0 fully saturated rings. The van der Waals surface area contributed by atoms with E-state index in [1.807, 2.05) is 0 Å². The summed E-state index contributed by atoms with van der Waals surface area (Å²) in [7, 11) is 0.840. The number of halogens is 3. The molecule has 3 N–H and O–H groups in total. The summed E-state index contributed by atoms with van der Waals surface area (Å²) < 4.78 is 42.6. The maximum absolute atomic E-state index is 12.8. The van der Waals surface area contributed by atoms with E-state index >= 15 is 0 Å². The predicted octanol–water partition coefficient (Wildman–Crippen LogP) is 1.37. The van der Waals surface area contributed by atoms with E-state index in [-0.39, 0.29) is 11.3 Å². The number of carbonyl (C=O) groups excluding carboxylic acids is 1. The highest BCUT2D eigenvalue weighted by molar-refractivity contribution is 5.82. The van der Waals surface area contributed by atoms with Crippen LogP contribution in [-0.4, -0.2) is 29.9 Å². The van der Waals surface area contributed by atoms with E-state index in [2.05, 4.69) is 4.74 Å². The van der Waals surface area contributed by atoms with Gasteiger partial charge in [0.25, 0.3) is 0 Å². The van der Waals surface area contributed by atoms with Crippen molar-refractivity contribution in [3.63, 3.8) is 0 Å². The lowest BCUT2D eigenvalue weighted by Crippen LogP contribution is -2.61. The zero-order valence-electron chi connectivity index (χ0n) is 9.49. The minimum Gasteiger partial charge on any atom is -0.508 e. The average molecular weight is 263 g/mol. The Morgan fingerprint density at radius 3 is 2.22 bits per heavy atom. The Kier molecular flexibility index (Phi) is 3.85. The fourth-order valence-electron chi connectivity index (χ4n) is 1.41. The van der Waals surface area contributed by atoms with Crippen LogP contribution in [0.25, 0.3) is 0 Å². The van der Waals surface area contributed by atoms with Crippen molar-refractivity contribution in [3.8, 4) is 5.75 Å². The number of ether oxygens (including phenoxy) is 1. The van der Waals surface area contributed by atoms with Gasteiger partial charge in [-0.15, -0.1) is 0 Å². The van der Waals surface area contributed by atoms with E-state index in [4.69, 9.17) is 10.8 Å². The summed E-state index contributed by atoms with van der Waals surface area (Å²) in [6, 6.07) is 4.93. The Labute approximate surface area is 101 Å². The Morgan fingerprint density at radius 1 is 1.33 bits per heavy atom. The molecule has 0 bridgehead atoms. The van der Waals surface area contributed by atoms with Crippen molar-refractivity contribution in [2.45, 2.75) is 18.1 Å². The molecule has 1 unspecified atom stereocenters. The first-order valence-corrected chi connectivity index (χ1v) is 4.92. The van der Waals surface area contributed by atoms with Gasteiger partial charge in [-0.05, 0) is 17.7 Å². The van der Waals surface area contributed by atoms with Gasteiger partial charge in [-0.25, -0.2) is 4.79 Å². The molecule has 0 spiro atoms. The van der Waals surface area contributed by atoms with Gasteiger partial charge in [0.05, 0.1) is 7.11 Å². The van der Waals surface area contributed by atoms with E-state index in [0.717, 1.165) is 7.11 Å². The van der Waals surface area contributed by atoms with Gasteiger partial charge in [0.15, 0.2) is 0 Å². The summed E-state index contributed by atoms with van der Waals surface area (Å²) in [5.41, 5.74) is 2.20. The van der Waals surface area contributed by atoms with Crippen molar-refractivity contribution in [1.82, 2.24) is 0 Å². The van der Waals surface area contributed by atoms with E-state index in [0.29, 0.717) is 0 Å². The predicted molar refractivity (Wildman–Crippen MR) is 56.8 cm³/mol. The lowest BCUT2D eigenvalue weighted by molar-refractivity contribution is -0.203. The summed E-state index contributed by atoms with van der Waals surface area (Å²) in [5, 5.41) is 9.03. The van der Waals surface area contributed by atoms with Crippen LogP contribution in [0.5, 0.6) is 5.75 Å². The van der Waals surface area contributed by atoms with Crippen LogP contribution in [0.4, 0.5) is 13.2 Å². The molecule has 4 nitrogen and oxygen atoms in total. The second kappa shape index (κ2) is 4.85. The first kappa shape index (κ1) is 14.3. The number of benzene rings is 1. The van der Waals surface area contributed by atoms with Gasteiger partial charge in [-0.3, -0.25) is 0 Å². The maximum Gasteiger partial charge on any atom is 0.417 e. The van der Waals surface area contributed by atoms with Crippen molar-refractivity contribution in [1.29, 1.82) is 0 Å². The van der Waals surface area contributed by atoms with E-state index in [9.17, 15) is 18.0 Å². The highest BCUT2D eigenvalue weighted by Crippen LogP contribution is 2.32. The van der Waals surface area contributed by atoms with Gasteiger partial charge >= 0.3 is 12.1 Å². The highest BCUT2D eigenvalue weighted by atomic mass is 19.4.